The number of carboxylic acids is 1. The SMILES string of the molecule is NC(Cc1cn(S(=O)(=O)c2ccccc2)c2ccccc12)OC(=O)C(=O)O. The van der Waals surface area contributed by atoms with Gasteiger partial charge >= 0.3 is 11.9 Å². The van der Waals surface area contributed by atoms with Crippen LogP contribution in [0.25, 0.3) is 10.9 Å². The highest BCUT2D eigenvalue weighted by molar-refractivity contribution is 7.90. The minimum atomic E-state index is -3.84. The maximum atomic E-state index is 13.0. The van der Waals surface area contributed by atoms with Crippen molar-refractivity contribution in [2.45, 2.75) is 17.5 Å². The van der Waals surface area contributed by atoms with Gasteiger partial charge in [0, 0.05) is 18.0 Å². The molecule has 0 spiro atoms. The third-order valence-corrected chi connectivity index (χ3v) is 5.60. The molecule has 0 saturated heterocycles. The Morgan fingerprint density at radius 2 is 1.70 bits per heavy atom. The van der Waals surface area contributed by atoms with Gasteiger partial charge in [0.05, 0.1) is 10.4 Å². The molecule has 0 radical (unpaired) electrons. The van der Waals surface area contributed by atoms with Crippen LogP contribution in [-0.4, -0.2) is 35.7 Å². The van der Waals surface area contributed by atoms with E-state index in [1.807, 2.05) is 0 Å². The van der Waals surface area contributed by atoms with Crippen LogP contribution in [0.4, 0.5) is 0 Å². The Kier molecular flexibility index (Phi) is 4.98. The molecule has 1 heterocycles. The predicted octanol–water partition coefficient (Wildman–Crippen LogP) is 1.33. The summed E-state index contributed by atoms with van der Waals surface area (Å²) in [5, 5.41) is 9.20. The number of carbonyl (C=O) groups excluding carboxylic acids is 1. The van der Waals surface area contributed by atoms with E-state index in [0.717, 1.165) is 3.97 Å². The zero-order chi connectivity index (χ0) is 19.6. The number of rotatable bonds is 5. The first-order chi connectivity index (χ1) is 12.8. The number of carboxylic acid groups (broad SMARTS) is 1. The molecule has 0 amide bonds. The number of fused-ring (bicyclic) bond motifs is 1. The van der Waals surface area contributed by atoms with E-state index in [1.54, 1.807) is 42.5 Å². The molecule has 3 aromatic rings. The Morgan fingerprint density at radius 1 is 1.07 bits per heavy atom. The fourth-order valence-corrected chi connectivity index (χ4v) is 4.14. The Morgan fingerprint density at radius 3 is 2.37 bits per heavy atom. The van der Waals surface area contributed by atoms with Gasteiger partial charge < -0.3 is 9.84 Å². The Balaban J connectivity index is 2.02. The molecule has 1 aromatic heterocycles. The van der Waals surface area contributed by atoms with Crippen molar-refractivity contribution in [1.82, 2.24) is 3.97 Å². The lowest BCUT2D eigenvalue weighted by atomic mass is 10.1. The molecule has 0 aliphatic rings. The van der Waals surface area contributed by atoms with E-state index in [1.165, 1.54) is 18.3 Å². The summed E-state index contributed by atoms with van der Waals surface area (Å²) < 4.78 is 31.7. The van der Waals surface area contributed by atoms with Crippen LogP contribution in [0.2, 0.25) is 0 Å². The van der Waals surface area contributed by atoms with Crippen LogP contribution >= 0.6 is 0 Å². The summed E-state index contributed by atoms with van der Waals surface area (Å²) in [6, 6.07) is 14.7. The van der Waals surface area contributed by atoms with Gasteiger partial charge in [-0.1, -0.05) is 36.4 Å². The summed E-state index contributed by atoms with van der Waals surface area (Å²) in [5.41, 5.74) is 6.65. The third kappa shape index (κ3) is 3.69. The Labute approximate surface area is 154 Å². The maximum absolute atomic E-state index is 13.0. The fraction of sp³-hybridized carbons (Fsp3) is 0.111. The van der Waals surface area contributed by atoms with E-state index < -0.39 is 28.2 Å². The number of esters is 1. The van der Waals surface area contributed by atoms with Crippen molar-refractivity contribution in [3.05, 3.63) is 66.4 Å². The third-order valence-electron chi connectivity index (χ3n) is 3.91. The van der Waals surface area contributed by atoms with Crippen molar-refractivity contribution in [3.63, 3.8) is 0 Å². The van der Waals surface area contributed by atoms with E-state index >= 15 is 0 Å². The summed E-state index contributed by atoms with van der Waals surface area (Å²) in [4.78, 5) is 21.9. The van der Waals surface area contributed by atoms with E-state index in [9.17, 15) is 18.0 Å². The molecule has 1 unspecified atom stereocenters. The number of aromatic nitrogens is 1. The molecular weight excluding hydrogens is 372 g/mol. The lowest BCUT2D eigenvalue weighted by molar-refractivity contribution is -0.167. The molecule has 3 N–H and O–H groups in total. The average molecular weight is 388 g/mol. The molecule has 1 atom stereocenters. The lowest BCUT2D eigenvalue weighted by Gasteiger charge is -2.10. The van der Waals surface area contributed by atoms with E-state index in [4.69, 9.17) is 10.8 Å². The number of hydrogen-bond acceptors (Lipinski definition) is 6. The molecule has 27 heavy (non-hydrogen) atoms. The van der Waals surface area contributed by atoms with Crippen LogP contribution in [0.15, 0.2) is 65.7 Å². The smallest absolute Gasteiger partial charge is 0.418 e. The van der Waals surface area contributed by atoms with E-state index in [-0.39, 0.29) is 11.3 Å². The quantitative estimate of drug-likeness (QED) is 0.383. The molecule has 0 aliphatic heterocycles. The van der Waals surface area contributed by atoms with Crippen LogP contribution in [-0.2, 0) is 30.8 Å². The predicted molar refractivity (Wildman–Crippen MR) is 96.4 cm³/mol. The monoisotopic (exact) mass is 388 g/mol. The normalized spacial score (nSPS) is 12.6. The molecule has 0 bridgehead atoms. The number of hydrogen-bond donors (Lipinski definition) is 2. The first-order valence-corrected chi connectivity index (χ1v) is 9.34. The minimum Gasteiger partial charge on any atom is -0.473 e. The van der Waals surface area contributed by atoms with Crippen LogP contribution in [0.1, 0.15) is 5.56 Å². The molecule has 140 valence electrons. The lowest BCUT2D eigenvalue weighted by Crippen LogP contribution is -2.32. The number of nitrogens with two attached hydrogens (primary N) is 1. The van der Waals surface area contributed by atoms with Gasteiger partial charge in [-0.25, -0.2) is 22.0 Å². The number of aliphatic carboxylic acids is 1. The molecule has 8 nitrogen and oxygen atoms in total. The van der Waals surface area contributed by atoms with Gasteiger partial charge in [0.1, 0.15) is 0 Å². The average Bonchev–Trinajstić information content (AvgIpc) is 3.01. The summed E-state index contributed by atoms with van der Waals surface area (Å²) in [6.45, 7) is 0. The first kappa shape index (κ1) is 18.6. The minimum absolute atomic E-state index is 0.0448. The van der Waals surface area contributed by atoms with Crippen molar-refractivity contribution < 1.29 is 27.9 Å². The molecule has 9 heteroatoms. The van der Waals surface area contributed by atoms with Gasteiger partial charge in [-0.3, -0.25) is 5.73 Å². The van der Waals surface area contributed by atoms with Crippen molar-refractivity contribution in [2.75, 3.05) is 0 Å². The van der Waals surface area contributed by atoms with Gasteiger partial charge in [0.25, 0.3) is 10.0 Å². The van der Waals surface area contributed by atoms with Gasteiger partial charge in [-0.2, -0.15) is 0 Å². The zero-order valence-electron chi connectivity index (χ0n) is 14.0. The number of nitrogens with zero attached hydrogens (tertiary/aromatic N) is 1. The van der Waals surface area contributed by atoms with Gasteiger partial charge in [0.15, 0.2) is 6.23 Å². The Bertz CT molecular complexity index is 1110. The number of ether oxygens (including phenoxy) is 1. The number of para-hydroxylation sites is 1. The highest BCUT2D eigenvalue weighted by Gasteiger charge is 2.23. The standard InChI is InChI=1S/C18H16N2O6S/c19-16(26-18(23)17(21)22)10-12-11-20(15-9-5-4-8-14(12)15)27(24,25)13-6-2-1-3-7-13/h1-9,11,16H,10,19H2,(H,21,22). The second kappa shape index (κ2) is 7.22. The summed E-state index contributed by atoms with van der Waals surface area (Å²) in [6.07, 6.45) is 0.130. The number of carbonyl (C=O) groups is 2. The summed E-state index contributed by atoms with van der Waals surface area (Å²) in [7, 11) is -3.84. The largest absolute Gasteiger partial charge is 0.473 e. The topological polar surface area (TPSA) is 129 Å². The molecule has 0 saturated carbocycles. The van der Waals surface area contributed by atoms with Crippen molar-refractivity contribution in [2.24, 2.45) is 5.73 Å². The molecule has 3 rings (SSSR count). The Hall–Kier alpha value is -3.17. The van der Waals surface area contributed by atoms with Crippen LogP contribution in [0.3, 0.4) is 0 Å². The molecule has 0 aliphatic carbocycles. The van der Waals surface area contributed by atoms with Gasteiger partial charge in [-0.15, -0.1) is 0 Å². The molecule has 0 fully saturated rings. The summed E-state index contributed by atoms with van der Waals surface area (Å²) in [5.74, 6) is -3.22. The van der Waals surface area contributed by atoms with E-state index in [0.29, 0.717) is 16.5 Å². The van der Waals surface area contributed by atoms with Crippen molar-refractivity contribution >= 4 is 32.9 Å². The van der Waals surface area contributed by atoms with Crippen LogP contribution < -0.4 is 5.73 Å². The van der Waals surface area contributed by atoms with E-state index in [2.05, 4.69) is 4.74 Å². The molecular formula is C18H16N2O6S. The zero-order valence-corrected chi connectivity index (χ0v) is 14.8. The summed E-state index contributed by atoms with van der Waals surface area (Å²) >= 11 is 0. The fourth-order valence-electron chi connectivity index (χ4n) is 2.73. The highest BCUT2D eigenvalue weighted by Crippen LogP contribution is 2.26. The second-order valence-corrected chi connectivity index (χ2v) is 7.55. The van der Waals surface area contributed by atoms with Gasteiger partial charge in [-0.05, 0) is 23.8 Å². The highest BCUT2D eigenvalue weighted by atomic mass is 32.2. The molecule has 2 aromatic carbocycles. The van der Waals surface area contributed by atoms with Crippen LogP contribution in [0, 0.1) is 0 Å². The first-order valence-electron chi connectivity index (χ1n) is 7.90. The van der Waals surface area contributed by atoms with Gasteiger partial charge in [0.2, 0.25) is 0 Å². The van der Waals surface area contributed by atoms with Crippen LogP contribution in [0.5, 0.6) is 0 Å². The second-order valence-electron chi connectivity index (χ2n) is 5.74. The maximum Gasteiger partial charge on any atom is 0.418 e. The van der Waals surface area contributed by atoms with Crippen molar-refractivity contribution in [3.8, 4) is 0 Å². The van der Waals surface area contributed by atoms with Crippen molar-refractivity contribution in [1.29, 1.82) is 0 Å². The number of benzene rings is 2.